The van der Waals surface area contributed by atoms with E-state index in [0.29, 0.717) is 16.9 Å². The Morgan fingerprint density at radius 3 is 2.60 bits per heavy atom. The van der Waals surface area contributed by atoms with Gasteiger partial charge in [0.25, 0.3) is 15.0 Å². The zero-order valence-corrected chi connectivity index (χ0v) is 12.4. The highest BCUT2D eigenvalue weighted by Crippen LogP contribution is 2.23. The Kier molecular flexibility index (Phi) is 3.82. The molecule has 0 saturated heterocycles. The molecule has 6 nitrogen and oxygen atoms in total. The maximum absolute atomic E-state index is 12.0. The zero-order chi connectivity index (χ0) is 14.9. The number of carbonyl (C=O) groups is 1. The number of aromatic nitrogens is 2. The van der Waals surface area contributed by atoms with Gasteiger partial charge in [0.2, 0.25) is 0 Å². The standard InChI is InChI=1S/C12H12ClN3O3S/c1-8-5-9(3-4-11(8)20(13,18)19)15-12(17)10-6-14-7-16(10)2/h3-7H,1-2H3,(H,15,17). The van der Waals surface area contributed by atoms with Crippen molar-refractivity contribution in [3.05, 3.63) is 42.0 Å². The van der Waals surface area contributed by atoms with Crippen LogP contribution in [-0.4, -0.2) is 23.9 Å². The highest BCUT2D eigenvalue weighted by Gasteiger charge is 2.15. The van der Waals surface area contributed by atoms with E-state index < -0.39 is 9.05 Å². The minimum Gasteiger partial charge on any atom is -0.330 e. The Bertz CT molecular complexity index is 768. The average Bonchev–Trinajstić information content (AvgIpc) is 2.73. The first-order valence-corrected chi connectivity index (χ1v) is 7.93. The monoisotopic (exact) mass is 313 g/mol. The molecule has 1 heterocycles. The van der Waals surface area contributed by atoms with Gasteiger partial charge >= 0.3 is 0 Å². The topological polar surface area (TPSA) is 81.1 Å². The van der Waals surface area contributed by atoms with E-state index in [1.165, 1.54) is 24.7 Å². The third-order valence-electron chi connectivity index (χ3n) is 2.74. The number of carbonyl (C=O) groups excluding carboxylic acids is 1. The fraction of sp³-hybridized carbons (Fsp3) is 0.167. The lowest BCUT2D eigenvalue weighted by Gasteiger charge is -2.08. The van der Waals surface area contributed by atoms with Gasteiger partial charge in [0.15, 0.2) is 0 Å². The first-order chi connectivity index (χ1) is 9.29. The van der Waals surface area contributed by atoms with Gasteiger partial charge in [-0.15, -0.1) is 0 Å². The van der Waals surface area contributed by atoms with Crippen molar-refractivity contribution < 1.29 is 13.2 Å². The van der Waals surface area contributed by atoms with Gasteiger partial charge in [-0.25, -0.2) is 13.4 Å². The van der Waals surface area contributed by atoms with Gasteiger partial charge in [0, 0.05) is 23.4 Å². The lowest BCUT2D eigenvalue weighted by atomic mass is 10.2. The summed E-state index contributed by atoms with van der Waals surface area (Å²) in [5.74, 6) is -0.328. The van der Waals surface area contributed by atoms with E-state index in [1.807, 2.05) is 0 Å². The predicted octanol–water partition coefficient (Wildman–Crippen LogP) is 1.91. The van der Waals surface area contributed by atoms with Crippen molar-refractivity contribution in [1.82, 2.24) is 9.55 Å². The highest BCUT2D eigenvalue weighted by molar-refractivity contribution is 8.13. The molecule has 0 spiro atoms. The Morgan fingerprint density at radius 2 is 2.10 bits per heavy atom. The zero-order valence-electron chi connectivity index (χ0n) is 10.8. The van der Waals surface area contributed by atoms with Gasteiger partial charge in [-0.1, -0.05) is 0 Å². The summed E-state index contributed by atoms with van der Waals surface area (Å²) in [6.45, 7) is 1.61. The van der Waals surface area contributed by atoms with Crippen molar-refractivity contribution >= 4 is 31.3 Å². The van der Waals surface area contributed by atoms with Crippen LogP contribution in [0.25, 0.3) is 0 Å². The largest absolute Gasteiger partial charge is 0.330 e. The predicted molar refractivity (Wildman–Crippen MR) is 75.4 cm³/mol. The van der Waals surface area contributed by atoms with Crippen molar-refractivity contribution in [1.29, 1.82) is 0 Å². The molecule has 0 aliphatic heterocycles. The Morgan fingerprint density at radius 1 is 1.40 bits per heavy atom. The number of anilines is 1. The molecule has 106 valence electrons. The molecule has 1 N–H and O–H groups in total. The number of rotatable bonds is 3. The number of aryl methyl sites for hydroxylation is 2. The number of amides is 1. The summed E-state index contributed by atoms with van der Waals surface area (Å²) in [4.78, 5) is 15.9. The minimum absolute atomic E-state index is 0.0256. The second-order valence-electron chi connectivity index (χ2n) is 4.26. The molecular weight excluding hydrogens is 302 g/mol. The summed E-state index contributed by atoms with van der Waals surface area (Å²) < 4.78 is 24.2. The van der Waals surface area contributed by atoms with Crippen LogP contribution in [0.2, 0.25) is 0 Å². The third-order valence-corrected chi connectivity index (χ3v) is 4.23. The molecule has 0 unspecified atom stereocenters. The van der Waals surface area contributed by atoms with E-state index in [0.717, 1.165) is 0 Å². The van der Waals surface area contributed by atoms with E-state index in [1.54, 1.807) is 24.6 Å². The van der Waals surface area contributed by atoms with Crippen LogP contribution in [-0.2, 0) is 16.1 Å². The maximum Gasteiger partial charge on any atom is 0.273 e. The van der Waals surface area contributed by atoms with E-state index in [4.69, 9.17) is 10.7 Å². The van der Waals surface area contributed by atoms with Gasteiger partial charge in [0.1, 0.15) is 5.69 Å². The van der Waals surface area contributed by atoms with Crippen LogP contribution in [0, 0.1) is 6.92 Å². The fourth-order valence-electron chi connectivity index (χ4n) is 1.77. The van der Waals surface area contributed by atoms with E-state index in [2.05, 4.69) is 10.3 Å². The van der Waals surface area contributed by atoms with Crippen LogP contribution in [0.5, 0.6) is 0 Å². The first kappa shape index (κ1) is 14.5. The molecule has 0 fully saturated rings. The quantitative estimate of drug-likeness (QED) is 0.878. The second-order valence-corrected chi connectivity index (χ2v) is 6.80. The van der Waals surface area contributed by atoms with Crippen molar-refractivity contribution in [2.45, 2.75) is 11.8 Å². The Hall–Kier alpha value is -1.86. The molecule has 1 aromatic carbocycles. The number of hydrogen-bond acceptors (Lipinski definition) is 4. The molecule has 0 bridgehead atoms. The smallest absolute Gasteiger partial charge is 0.273 e. The molecule has 20 heavy (non-hydrogen) atoms. The second kappa shape index (κ2) is 5.26. The maximum atomic E-state index is 12.0. The van der Waals surface area contributed by atoms with Crippen LogP contribution >= 0.6 is 10.7 Å². The number of nitrogens with zero attached hydrogens (tertiary/aromatic N) is 2. The molecule has 1 amide bonds. The van der Waals surface area contributed by atoms with Crippen molar-refractivity contribution in [3.63, 3.8) is 0 Å². The van der Waals surface area contributed by atoms with Gasteiger partial charge < -0.3 is 9.88 Å². The van der Waals surface area contributed by atoms with Crippen LogP contribution in [0.3, 0.4) is 0 Å². The minimum atomic E-state index is -3.78. The number of halogens is 1. The molecule has 0 aliphatic carbocycles. The van der Waals surface area contributed by atoms with Crippen molar-refractivity contribution in [2.75, 3.05) is 5.32 Å². The summed E-state index contributed by atoms with van der Waals surface area (Å²) in [6, 6.07) is 4.39. The normalized spacial score (nSPS) is 11.3. The summed E-state index contributed by atoms with van der Waals surface area (Å²) in [5, 5.41) is 2.67. The van der Waals surface area contributed by atoms with Crippen molar-refractivity contribution in [3.8, 4) is 0 Å². The van der Waals surface area contributed by atoms with Gasteiger partial charge in [-0.2, -0.15) is 0 Å². The van der Waals surface area contributed by atoms with Crippen LogP contribution < -0.4 is 5.32 Å². The number of benzene rings is 1. The summed E-state index contributed by atoms with van der Waals surface area (Å²) in [7, 11) is 3.22. The lowest BCUT2D eigenvalue weighted by Crippen LogP contribution is -2.15. The molecular formula is C12H12ClN3O3S. The van der Waals surface area contributed by atoms with E-state index >= 15 is 0 Å². The lowest BCUT2D eigenvalue weighted by molar-refractivity contribution is 0.101. The molecule has 0 radical (unpaired) electrons. The molecule has 8 heteroatoms. The highest BCUT2D eigenvalue weighted by atomic mass is 35.7. The average molecular weight is 314 g/mol. The van der Waals surface area contributed by atoms with Crippen molar-refractivity contribution in [2.24, 2.45) is 7.05 Å². The number of imidazole rings is 1. The fourth-order valence-corrected chi connectivity index (χ4v) is 2.97. The first-order valence-electron chi connectivity index (χ1n) is 5.62. The molecule has 1 aromatic heterocycles. The third kappa shape index (κ3) is 3.00. The summed E-state index contributed by atoms with van der Waals surface area (Å²) in [5.41, 5.74) is 1.34. The van der Waals surface area contributed by atoms with E-state index in [-0.39, 0.29) is 10.8 Å². The van der Waals surface area contributed by atoms with Crippen LogP contribution in [0.15, 0.2) is 35.6 Å². The van der Waals surface area contributed by atoms with Gasteiger partial charge in [0.05, 0.1) is 17.4 Å². The van der Waals surface area contributed by atoms with Crippen LogP contribution in [0.1, 0.15) is 16.1 Å². The molecule has 2 rings (SSSR count). The number of nitrogens with one attached hydrogen (secondary N) is 1. The summed E-state index contributed by atoms with van der Waals surface area (Å²) >= 11 is 0. The Balaban J connectivity index is 2.26. The Labute approximate surface area is 120 Å². The molecule has 0 atom stereocenters. The van der Waals surface area contributed by atoms with Gasteiger partial charge in [-0.05, 0) is 30.7 Å². The molecule has 0 saturated carbocycles. The molecule has 2 aromatic rings. The van der Waals surface area contributed by atoms with E-state index in [9.17, 15) is 13.2 Å². The van der Waals surface area contributed by atoms with Gasteiger partial charge in [-0.3, -0.25) is 4.79 Å². The van der Waals surface area contributed by atoms with Crippen LogP contribution in [0.4, 0.5) is 5.69 Å². The summed E-state index contributed by atoms with van der Waals surface area (Å²) in [6.07, 6.45) is 2.96. The SMILES string of the molecule is Cc1cc(NC(=O)c2cncn2C)ccc1S(=O)(=O)Cl. The molecule has 0 aliphatic rings. The number of hydrogen-bond donors (Lipinski definition) is 1.